The average molecular weight is 330 g/mol. The van der Waals surface area contributed by atoms with Gasteiger partial charge in [0.25, 0.3) is 0 Å². The van der Waals surface area contributed by atoms with Crippen LogP contribution in [0.15, 0.2) is 36.1 Å². The minimum atomic E-state index is -0.641. The highest BCUT2D eigenvalue weighted by Gasteiger charge is 2.48. The van der Waals surface area contributed by atoms with E-state index in [-0.39, 0.29) is 30.2 Å². The van der Waals surface area contributed by atoms with Crippen molar-refractivity contribution in [2.75, 3.05) is 0 Å². The topological polar surface area (TPSA) is 71.6 Å². The molecule has 1 aliphatic heterocycles. The molecule has 1 aliphatic carbocycles. The Balaban J connectivity index is 2.02. The van der Waals surface area contributed by atoms with E-state index >= 15 is 0 Å². The van der Waals surface area contributed by atoms with Gasteiger partial charge in [-0.2, -0.15) is 0 Å². The number of carbonyl (C=O) groups is 1. The van der Waals surface area contributed by atoms with Crippen LogP contribution in [-0.2, 0) is 4.79 Å². The maximum Gasteiger partial charge on any atom is 0.232 e. The first-order valence-electron chi connectivity index (χ1n) is 8.32. The Bertz CT molecular complexity index is 704. The molecule has 0 saturated heterocycles. The number of hydrogen-bond acceptors (Lipinski definition) is 4. The van der Waals surface area contributed by atoms with Crippen molar-refractivity contribution in [2.24, 2.45) is 22.6 Å². The molecule has 6 heteroatoms. The van der Waals surface area contributed by atoms with Gasteiger partial charge in [0.15, 0.2) is 5.96 Å². The highest BCUT2D eigenvalue weighted by Crippen LogP contribution is 2.50. The summed E-state index contributed by atoms with van der Waals surface area (Å²) in [7, 11) is 0. The van der Waals surface area contributed by atoms with E-state index in [0.29, 0.717) is 17.9 Å². The molecule has 0 radical (unpaired) electrons. The van der Waals surface area contributed by atoms with Crippen LogP contribution in [0.25, 0.3) is 0 Å². The van der Waals surface area contributed by atoms with E-state index in [1.165, 1.54) is 11.0 Å². The van der Waals surface area contributed by atoms with Gasteiger partial charge in [-0.15, -0.1) is 6.58 Å². The Morgan fingerprint density at radius 1 is 1.58 bits per heavy atom. The van der Waals surface area contributed by atoms with Gasteiger partial charge in [0.2, 0.25) is 5.91 Å². The van der Waals surface area contributed by atoms with E-state index in [1.54, 1.807) is 12.3 Å². The summed E-state index contributed by atoms with van der Waals surface area (Å²) in [6.45, 7) is 7.88. The van der Waals surface area contributed by atoms with E-state index < -0.39 is 11.4 Å². The van der Waals surface area contributed by atoms with E-state index in [0.717, 1.165) is 12.6 Å². The number of guanidine groups is 1. The number of pyridine rings is 1. The zero-order valence-corrected chi connectivity index (χ0v) is 14.1. The SMILES string of the molecule is C=C[C@@]1(CC)CC(=O)N(C(c2cncc(F)c2)[C@@H]2C[C@H]2C)C(N)=N1. The normalized spacial score (nSPS) is 30.7. The van der Waals surface area contributed by atoms with E-state index in [9.17, 15) is 9.18 Å². The molecular weight excluding hydrogens is 307 g/mol. The maximum absolute atomic E-state index is 13.7. The Morgan fingerprint density at radius 3 is 2.79 bits per heavy atom. The van der Waals surface area contributed by atoms with Gasteiger partial charge >= 0.3 is 0 Å². The van der Waals surface area contributed by atoms with E-state index in [4.69, 9.17) is 5.73 Å². The lowest BCUT2D eigenvalue weighted by Crippen LogP contribution is -2.52. The monoisotopic (exact) mass is 330 g/mol. The number of amides is 1. The lowest BCUT2D eigenvalue weighted by Gasteiger charge is -2.39. The first kappa shape index (κ1) is 16.6. The van der Waals surface area contributed by atoms with Crippen LogP contribution in [0.5, 0.6) is 0 Å². The van der Waals surface area contributed by atoms with Gasteiger partial charge in [0, 0.05) is 6.20 Å². The molecule has 2 heterocycles. The van der Waals surface area contributed by atoms with Crippen molar-refractivity contribution >= 4 is 11.9 Å². The molecule has 24 heavy (non-hydrogen) atoms. The Hall–Kier alpha value is -2.24. The van der Waals surface area contributed by atoms with Crippen LogP contribution in [0.1, 0.15) is 44.7 Å². The van der Waals surface area contributed by atoms with Crippen LogP contribution in [0, 0.1) is 17.7 Å². The van der Waals surface area contributed by atoms with Gasteiger partial charge in [-0.05, 0) is 36.3 Å². The number of aliphatic imine (C=N–C) groups is 1. The Morgan fingerprint density at radius 2 is 2.29 bits per heavy atom. The summed E-state index contributed by atoms with van der Waals surface area (Å²) in [5.41, 5.74) is 6.20. The molecule has 0 aromatic carbocycles. The predicted molar refractivity (Wildman–Crippen MR) is 90.5 cm³/mol. The molecule has 1 aromatic rings. The fourth-order valence-corrected chi connectivity index (χ4v) is 3.53. The van der Waals surface area contributed by atoms with Crippen LogP contribution in [-0.4, -0.2) is 27.3 Å². The fraction of sp³-hybridized carbons (Fsp3) is 0.500. The maximum atomic E-state index is 13.7. The summed E-state index contributed by atoms with van der Waals surface area (Å²) in [6.07, 6.45) is 6.31. The number of hydrogen-bond donors (Lipinski definition) is 1. The molecule has 4 atom stereocenters. The summed E-state index contributed by atoms with van der Waals surface area (Å²) in [6, 6.07) is 1.11. The van der Waals surface area contributed by atoms with E-state index in [1.807, 2.05) is 6.92 Å². The number of carbonyl (C=O) groups excluding carboxylic acids is 1. The molecule has 5 nitrogen and oxygen atoms in total. The third kappa shape index (κ3) is 2.81. The zero-order chi connectivity index (χ0) is 17.5. The average Bonchev–Trinajstić information content (AvgIpc) is 3.26. The van der Waals surface area contributed by atoms with Gasteiger partial charge in [0.05, 0.1) is 24.2 Å². The van der Waals surface area contributed by atoms with Gasteiger partial charge in [-0.25, -0.2) is 9.38 Å². The van der Waals surface area contributed by atoms with Crippen LogP contribution in [0.3, 0.4) is 0 Å². The molecule has 128 valence electrons. The van der Waals surface area contributed by atoms with Crippen molar-refractivity contribution in [1.82, 2.24) is 9.88 Å². The number of nitrogens with two attached hydrogens (primary N) is 1. The summed E-state index contributed by atoms with van der Waals surface area (Å²) in [5, 5.41) is 0. The molecule has 3 rings (SSSR count). The molecular formula is C18H23FN4O. The molecule has 1 amide bonds. The van der Waals surface area contributed by atoms with Crippen LogP contribution in [0.4, 0.5) is 4.39 Å². The standard InChI is InChI=1S/C18H23FN4O/c1-4-18(5-2)8-15(24)23(17(20)22-18)16(14-6-11(14)3)12-7-13(19)10-21-9-12/h4,7,9-11,14,16H,1,5-6,8H2,2-3H3,(H2,20,22)/t11-,14-,16?,18-/m1/s1. The second kappa shape index (κ2) is 6.00. The summed E-state index contributed by atoms with van der Waals surface area (Å²) in [5.74, 6) is 0.360. The van der Waals surface area contributed by atoms with Gasteiger partial charge in [-0.3, -0.25) is 14.7 Å². The lowest BCUT2D eigenvalue weighted by atomic mass is 9.89. The van der Waals surface area contributed by atoms with Crippen molar-refractivity contribution in [3.8, 4) is 0 Å². The van der Waals surface area contributed by atoms with Crippen molar-refractivity contribution in [2.45, 2.75) is 44.7 Å². The molecule has 0 spiro atoms. The molecule has 1 aromatic heterocycles. The first-order valence-corrected chi connectivity index (χ1v) is 8.32. The number of nitrogens with zero attached hydrogens (tertiary/aromatic N) is 3. The fourth-order valence-electron chi connectivity index (χ4n) is 3.53. The smallest absolute Gasteiger partial charge is 0.232 e. The van der Waals surface area contributed by atoms with Crippen LogP contribution >= 0.6 is 0 Å². The quantitative estimate of drug-likeness (QED) is 0.844. The second-order valence-electron chi connectivity index (χ2n) is 6.83. The minimum Gasteiger partial charge on any atom is -0.369 e. The molecule has 1 saturated carbocycles. The molecule has 0 bridgehead atoms. The predicted octanol–water partition coefficient (Wildman–Crippen LogP) is 2.80. The zero-order valence-electron chi connectivity index (χ0n) is 14.1. The molecule has 2 N–H and O–H groups in total. The summed E-state index contributed by atoms with van der Waals surface area (Å²) >= 11 is 0. The number of rotatable bonds is 5. The largest absolute Gasteiger partial charge is 0.369 e. The Labute approximate surface area is 141 Å². The van der Waals surface area contributed by atoms with Crippen molar-refractivity contribution in [3.05, 3.63) is 42.5 Å². The summed E-state index contributed by atoms with van der Waals surface area (Å²) < 4.78 is 13.7. The van der Waals surface area contributed by atoms with Crippen LogP contribution in [0.2, 0.25) is 0 Å². The second-order valence-corrected chi connectivity index (χ2v) is 6.83. The first-order chi connectivity index (χ1) is 11.4. The molecule has 2 aliphatic rings. The highest BCUT2D eigenvalue weighted by atomic mass is 19.1. The summed E-state index contributed by atoms with van der Waals surface area (Å²) in [4.78, 5) is 22.9. The van der Waals surface area contributed by atoms with Gasteiger partial charge in [0.1, 0.15) is 5.82 Å². The Kier molecular flexibility index (Phi) is 4.15. The number of aromatic nitrogens is 1. The molecule has 1 fully saturated rings. The number of halogens is 1. The lowest BCUT2D eigenvalue weighted by molar-refractivity contribution is -0.131. The van der Waals surface area contributed by atoms with Gasteiger partial charge < -0.3 is 5.73 Å². The van der Waals surface area contributed by atoms with Gasteiger partial charge in [-0.1, -0.05) is 19.9 Å². The highest BCUT2D eigenvalue weighted by molar-refractivity contribution is 6.00. The minimum absolute atomic E-state index is 0.0994. The van der Waals surface area contributed by atoms with E-state index in [2.05, 4.69) is 23.5 Å². The third-order valence-electron chi connectivity index (χ3n) is 5.23. The van der Waals surface area contributed by atoms with Crippen LogP contribution < -0.4 is 5.73 Å². The van der Waals surface area contributed by atoms with Crippen molar-refractivity contribution in [3.63, 3.8) is 0 Å². The third-order valence-corrected chi connectivity index (χ3v) is 5.23. The molecule has 1 unspecified atom stereocenters. The van der Waals surface area contributed by atoms with Crippen molar-refractivity contribution < 1.29 is 9.18 Å². The van der Waals surface area contributed by atoms with Crippen molar-refractivity contribution in [1.29, 1.82) is 0 Å².